The molecule has 1 saturated carbocycles. The first-order valence-corrected chi connectivity index (χ1v) is 9.06. The molecule has 1 aliphatic carbocycles. The van der Waals surface area contributed by atoms with Crippen LogP contribution in [0.25, 0.3) is 0 Å². The number of nitrogens with two attached hydrogens (primary N) is 1. The fourth-order valence-corrected chi connectivity index (χ4v) is 4.05. The smallest absolute Gasteiger partial charge is 0.0599 e. The lowest BCUT2D eigenvalue weighted by Gasteiger charge is -2.43. The monoisotopic (exact) mass is 296 g/mol. The van der Waals surface area contributed by atoms with E-state index in [9.17, 15) is 0 Å². The summed E-state index contributed by atoms with van der Waals surface area (Å²) in [6, 6.07) is 0.841. The van der Waals surface area contributed by atoms with E-state index in [1.165, 1.54) is 51.6 Å². The van der Waals surface area contributed by atoms with Crippen LogP contribution >= 0.6 is 0 Å². The van der Waals surface area contributed by atoms with Gasteiger partial charge in [-0.1, -0.05) is 20.8 Å². The Hall–Kier alpha value is -0.120. The molecule has 1 aliphatic heterocycles. The Bertz CT molecular complexity index is 284. The van der Waals surface area contributed by atoms with Gasteiger partial charge in [-0.25, -0.2) is 0 Å². The van der Waals surface area contributed by atoms with Crippen LogP contribution in [0.15, 0.2) is 0 Å². The molecule has 0 spiro atoms. The predicted octanol–water partition coefficient (Wildman–Crippen LogP) is 3.42. The van der Waals surface area contributed by atoms with Crippen LogP contribution in [0, 0.1) is 11.3 Å². The van der Waals surface area contributed by atoms with Gasteiger partial charge in [-0.15, -0.1) is 0 Å². The number of likely N-dealkylation sites (tertiary alicyclic amines) is 1. The first-order chi connectivity index (χ1) is 10.0. The Morgan fingerprint density at radius 1 is 1.00 bits per heavy atom. The van der Waals surface area contributed by atoms with Crippen LogP contribution in [-0.4, -0.2) is 43.3 Å². The molecule has 1 saturated heterocycles. The highest BCUT2D eigenvalue weighted by molar-refractivity contribution is 4.86. The zero-order valence-electron chi connectivity index (χ0n) is 14.4. The molecule has 124 valence electrons. The average molecular weight is 296 g/mol. The topological polar surface area (TPSA) is 38.5 Å². The number of rotatable bonds is 5. The molecule has 2 N–H and O–H groups in total. The van der Waals surface area contributed by atoms with Crippen molar-refractivity contribution < 1.29 is 4.74 Å². The number of piperidine rings is 1. The van der Waals surface area contributed by atoms with E-state index in [1.54, 1.807) is 0 Å². The van der Waals surface area contributed by atoms with Crippen LogP contribution in [-0.2, 0) is 4.74 Å². The summed E-state index contributed by atoms with van der Waals surface area (Å²) in [6.07, 6.45) is 9.55. The number of hydrogen-bond acceptors (Lipinski definition) is 3. The maximum absolute atomic E-state index is 5.91. The van der Waals surface area contributed by atoms with Crippen molar-refractivity contribution in [2.45, 2.75) is 77.9 Å². The number of nitrogens with zero attached hydrogens (tertiary/aromatic N) is 1. The predicted molar refractivity (Wildman–Crippen MR) is 89.4 cm³/mol. The Morgan fingerprint density at radius 2 is 1.62 bits per heavy atom. The van der Waals surface area contributed by atoms with Crippen molar-refractivity contribution in [3.8, 4) is 0 Å². The van der Waals surface area contributed by atoms with Crippen LogP contribution in [0.5, 0.6) is 0 Å². The van der Waals surface area contributed by atoms with Crippen molar-refractivity contribution in [3.63, 3.8) is 0 Å². The fourth-order valence-electron chi connectivity index (χ4n) is 4.05. The van der Waals surface area contributed by atoms with Crippen molar-refractivity contribution in [1.82, 2.24) is 4.90 Å². The van der Waals surface area contributed by atoms with Gasteiger partial charge >= 0.3 is 0 Å². The summed E-state index contributed by atoms with van der Waals surface area (Å²) in [5, 5.41) is 0. The summed E-state index contributed by atoms with van der Waals surface area (Å²) in [5.74, 6) is 0.922. The number of hydrogen-bond donors (Lipinski definition) is 1. The quantitative estimate of drug-likeness (QED) is 0.790. The van der Waals surface area contributed by atoms with E-state index in [-0.39, 0.29) is 0 Å². The SMILES string of the molecule is CC(C)(C)C1CCC(N2CCC(OCCCN)CC2)CC1. The van der Waals surface area contributed by atoms with Crippen molar-refractivity contribution in [2.24, 2.45) is 17.1 Å². The molecule has 2 fully saturated rings. The minimum atomic E-state index is 0.485. The Balaban J connectivity index is 1.67. The van der Waals surface area contributed by atoms with E-state index in [1.807, 2.05) is 0 Å². The second-order valence-corrected chi connectivity index (χ2v) is 8.12. The third kappa shape index (κ3) is 5.22. The Kier molecular flexibility index (Phi) is 6.51. The van der Waals surface area contributed by atoms with Gasteiger partial charge in [-0.2, -0.15) is 0 Å². The van der Waals surface area contributed by atoms with Crippen molar-refractivity contribution in [1.29, 1.82) is 0 Å². The molecule has 2 aliphatic rings. The van der Waals surface area contributed by atoms with Crippen LogP contribution in [0.3, 0.4) is 0 Å². The summed E-state index contributed by atoms with van der Waals surface area (Å²) in [4.78, 5) is 2.74. The van der Waals surface area contributed by atoms with E-state index in [0.29, 0.717) is 11.5 Å². The molecular formula is C18H36N2O. The highest BCUT2D eigenvalue weighted by Gasteiger charge is 2.33. The highest BCUT2D eigenvalue weighted by Crippen LogP contribution is 2.39. The van der Waals surface area contributed by atoms with Gasteiger partial charge in [0.05, 0.1) is 6.10 Å². The number of ether oxygens (including phenoxy) is 1. The molecule has 0 aromatic heterocycles. The van der Waals surface area contributed by atoms with Crippen molar-refractivity contribution in [3.05, 3.63) is 0 Å². The van der Waals surface area contributed by atoms with Crippen LogP contribution in [0.1, 0.15) is 65.7 Å². The van der Waals surface area contributed by atoms with Crippen LogP contribution in [0.4, 0.5) is 0 Å². The average Bonchev–Trinajstić information content (AvgIpc) is 2.48. The van der Waals surface area contributed by atoms with Crippen molar-refractivity contribution in [2.75, 3.05) is 26.2 Å². The zero-order valence-corrected chi connectivity index (χ0v) is 14.4. The minimum absolute atomic E-state index is 0.485. The second kappa shape index (κ2) is 7.94. The van der Waals surface area contributed by atoms with E-state index in [0.717, 1.165) is 31.5 Å². The largest absolute Gasteiger partial charge is 0.378 e. The third-order valence-corrected chi connectivity index (χ3v) is 5.62. The standard InChI is InChI=1S/C18H36N2O/c1-18(2,3)15-5-7-16(8-6-15)20-12-9-17(10-13-20)21-14-4-11-19/h15-17H,4-14,19H2,1-3H3. The van der Waals surface area contributed by atoms with Gasteiger partial charge in [0.15, 0.2) is 0 Å². The van der Waals surface area contributed by atoms with Gasteiger partial charge in [0.1, 0.15) is 0 Å². The summed E-state index contributed by atoms with van der Waals surface area (Å²) >= 11 is 0. The molecule has 0 bridgehead atoms. The molecule has 0 aromatic carbocycles. The van der Waals surface area contributed by atoms with Gasteiger partial charge in [-0.3, -0.25) is 0 Å². The molecule has 2 rings (SSSR count). The van der Waals surface area contributed by atoms with Gasteiger partial charge < -0.3 is 15.4 Å². The van der Waals surface area contributed by atoms with E-state index < -0.39 is 0 Å². The summed E-state index contributed by atoms with van der Waals surface area (Å²) in [5.41, 5.74) is 6.01. The molecule has 0 atom stereocenters. The van der Waals surface area contributed by atoms with Crippen LogP contribution in [0.2, 0.25) is 0 Å². The molecule has 0 amide bonds. The maximum atomic E-state index is 5.91. The molecule has 3 heteroatoms. The highest BCUT2D eigenvalue weighted by atomic mass is 16.5. The second-order valence-electron chi connectivity index (χ2n) is 8.12. The molecule has 3 nitrogen and oxygen atoms in total. The summed E-state index contributed by atoms with van der Waals surface area (Å²) in [6.45, 7) is 11.3. The van der Waals surface area contributed by atoms with E-state index in [2.05, 4.69) is 25.7 Å². The summed E-state index contributed by atoms with van der Waals surface area (Å²) in [7, 11) is 0. The first-order valence-electron chi connectivity index (χ1n) is 9.06. The maximum Gasteiger partial charge on any atom is 0.0599 e. The molecule has 0 radical (unpaired) electrons. The third-order valence-electron chi connectivity index (χ3n) is 5.62. The van der Waals surface area contributed by atoms with Crippen molar-refractivity contribution >= 4 is 0 Å². The lowest BCUT2D eigenvalue weighted by molar-refractivity contribution is -0.0107. The lowest BCUT2D eigenvalue weighted by atomic mass is 9.71. The minimum Gasteiger partial charge on any atom is -0.378 e. The van der Waals surface area contributed by atoms with E-state index >= 15 is 0 Å². The molecule has 21 heavy (non-hydrogen) atoms. The fraction of sp³-hybridized carbons (Fsp3) is 1.00. The first kappa shape index (κ1) is 17.2. The Morgan fingerprint density at radius 3 is 2.14 bits per heavy atom. The molecule has 1 heterocycles. The molecule has 0 aromatic rings. The van der Waals surface area contributed by atoms with E-state index in [4.69, 9.17) is 10.5 Å². The molecule has 0 unspecified atom stereocenters. The van der Waals surface area contributed by atoms with Crippen LogP contribution < -0.4 is 5.73 Å². The van der Waals surface area contributed by atoms with Gasteiger partial charge in [0, 0.05) is 25.7 Å². The molecular weight excluding hydrogens is 260 g/mol. The van der Waals surface area contributed by atoms with Gasteiger partial charge in [-0.05, 0) is 62.8 Å². The Labute approximate surface area is 131 Å². The summed E-state index contributed by atoms with van der Waals surface area (Å²) < 4.78 is 5.91. The van der Waals surface area contributed by atoms with Gasteiger partial charge in [0.25, 0.3) is 0 Å². The normalized spacial score (nSPS) is 29.7. The lowest BCUT2D eigenvalue weighted by Crippen LogP contribution is -2.45. The zero-order chi connectivity index (χ0) is 15.3. The van der Waals surface area contributed by atoms with Gasteiger partial charge in [0.2, 0.25) is 0 Å².